The van der Waals surface area contributed by atoms with Gasteiger partial charge in [-0.15, -0.1) is 0 Å². The first-order valence-corrected chi connectivity index (χ1v) is 8.70. The molecule has 2 rings (SSSR count). The van der Waals surface area contributed by atoms with Crippen LogP contribution in [0.25, 0.3) is 0 Å². The molecule has 21 heavy (non-hydrogen) atoms. The maximum atomic E-state index is 12.1. The van der Waals surface area contributed by atoms with Crippen molar-refractivity contribution in [2.75, 3.05) is 0 Å². The average molecular weight is 367 g/mol. The summed E-state index contributed by atoms with van der Waals surface area (Å²) >= 11 is 3.37. The van der Waals surface area contributed by atoms with Crippen molar-refractivity contribution in [2.45, 2.75) is 18.2 Å². The van der Waals surface area contributed by atoms with Gasteiger partial charge in [-0.1, -0.05) is 53.2 Å². The minimum absolute atomic E-state index is 0.194. The van der Waals surface area contributed by atoms with E-state index in [-0.39, 0.29) is 4.90 Å². The van der Waals surface area contributed by atoms with E-state index in [9.17, 15) is 8.42 Å². The number of nitrogens with one attached hydrogen (secondary N) is 1. The maximum absolute atomic E-state index is 12.1. The molecule has 2 aromatic carbocycles. The summed E-state index contributed by atoms with van der Waals surface area (Å²) in [5.74, 6) is 0. The summed E-state index contributed by atoms with van der Waals surface area (Å²) in [5, 5.41) is 4.05. The minimum atomic E-state index is -3.63. The smallest absolute Gasteiger partial charge is 0.200 e. The third kappa shape index (κ3) is 4.15. The van der Waals surface area contributed by atoms with Gasteiger partial charge in [-0.2, -0.15) is 18.4 Å². The number of hydrogen-bond acceptors (Lipinski definition) is 3. The van der Waals surface area contributed by atoms with E-state index < -0.39 is 10.0 Å². The number of hydrazone groups is 1. The zero-order chi connectivity index (χ0) is 15.3. The van der Waals surface area contributed by atoms with Crippen LogP contribution in [0.5, 0.6) is 0 Å². The van der Waals surface area contributed by atoms with Crippen molar-refractivity contribution < 1.29 is 8.42 Å². The highest BCUT2D eigenvalue weighted by molar-refractivity contribution is 9.10. The van der Waals surface area contributed by atoms with Crippen LogP contribution in [0, 0.1) is 0 Å². The van der Waals surface area contributed by atoms with Crippen molar-refractivity contribution in [3.05, 3.63) is 64.6 Å². The van der Waals surface area contributed by atoms with Crippen molar-refractivity contribution >= 4 is 31.7 Å². The number of halogens is 1. The summed E-state index contributed by atoms with van der Waals surface area (Å²) in [4.78, 5) is 2.48. The van der Waals surface area contributed by atoms with Crippen molar-refractivity contribution in [3.8, 4) is 0 Å². The molecule has 0 bridgehead atoms. The Hall–Kier alpha value is -1.66. The zero-order valence-electron chi connectivity index (χ0n) is 11.5. The molecule has 2 aromatic rings. The zero-order valence-corrected chi connectivity index (χ0v) is 13.9. The van der Waals surface area contributed by atoms with Gasteiger partial charge in [-0.05, 0) is 36.2 Å². The number of nitrogens with zero attached hydrogens (tertiary/aromatic N) is 1. The lowest BCUT2D eigenvalue weighted by Gasteiger charge is -2.07. The van der Waals surface area contributed by atoms with Gasteiger partial charge in [0.05, 0.1) is 10.6 Å². The minimum Gasteiger partial charge on any atom is -0.200 e. The first-order chi connectivity index (χ1) is 10.0. The van der Waals surface area contributed by atoms with E-state index in [4.69, 9.17) is 0 Å². The lowest BCUT2D eigenvalue weighted by atomic mass is 10.1. The number of sulfonamides is 1. The number of hydrogen-bond donors (Lipinski definition) is 1. The van der Waals surface area contributed by atoms with Crippen molar-refractivity contribution in [2.24, 2.45) is 5.10 Å². The van der Waals surface area contributed by atoms with Gasteiger partial charge in [0.1, 0.15) is 0 Å². The second-order valence-corrected chi connectivity index (χ2v) is 6.90. The van der Waals surface area contributed by atoms with Crippen LogP contribution in [0.4, 0.5) is 0 Å². The average Bonchev–Trinajstić information content (AvgIpc) is 2.50. The van der Waals surface area contributed by atoms with Crippen molar-refractivity contribution in [1.82, 2.24) is 4.83 Å². The number of rotatable bonds is 5. The SMILES string of the molecule is CCC(=NNS(=O)(=O)c1ccccc1)c1ccc(Br)cc1. The van der Waals surface area contributed by atoms with Crippen molar-refractivity contribution in [1.29, 1.82) is 0 Å². The van der Waals surface area contributed by atoms with Crippen LogP contribution in [0.1, 0.15) is 18.9 Å². The molecule has 0 atom stereocenters. The van der Waals surface area contributed by atoms with E-state index in [1.54, 1.807) is 18.2 Å². The van der Waals surface area contributed by atoms with Crippen LogP contribution >= 0.6 is 15.9 Å². The lowest BCUT2D eigenvalue weighted by molar-refractivity contribution is 0.584. The normalized spacial score (nSPS) is 12.2. The van der Waals surface area contributed by atoms with E-state index in [0.29, 0.717) is 12.1 Å². The highest BCUT2D eigenvalue weighted by atomic mass is 79.9. The maximum Gasteiger partial charge on any atom is 0.276 e. The highest BCUT2D eigenvalue weighted by Gasteiger charge is 2.12. The Morgan fingerprint density at radius 2 is 1.71 bits per heavy atom. The molecule has 0 aliphatic heterocycles. The van der Waals surface area contributed by atoms with E-state index in [2.05, 4.69) is 25.9 Å². The Morgan fingerprint density at radius 3 is 2.29 bits per heavy atom. The van der Waals surface area contributed by atoms with Gasteiger partial charge in [0.2, 0.25) is 0 Å². The molecule has 6 heteroatoms. The van der Waals surface area contributed by atoms with Gasteiger partial charge >= 0.3 is 0 Å². The van der Waals surface area contributed by atoms with E-state index >= 15 is 0 Å². The number of benzene rings is 2. The topological polar surface area (TPSA) is 58.5 Å². The molecule has 0 fully saturated rings. The molecule has 0 radical (unpaired) electrons. The first-order valence-electron chi connectivity index (χ1n) is 6.42. The monoisotopic (exact) mass is 366 g/mol. The molecular formula is C15H15BrN2O2S. The van der Waals surface area contributed by atoms with Crippen LogP contribution in [-0.2, 0) is 10.0 Å². The predicted molar refractivity (Wildman–Crippen MR) is 87.7 cm³/mol. The first kappa shape index (κ1) is 15.7. The third-order valence-electron chi connectivity index (χ3n) is 2.87. The molecule has 110 valence electrons. The molecule has 0 aromatic heterocycles. The van der Waals surface area contributed by atoms with Crippen LogP contribution in [-0.4, -0.2) is 14.1 Å². The summed E-state index contributed by atoms with van der Waals surface area (Å²) in [6.45, 7) is 1.93. The molecule has 0 unspecified atom stereocenters. The van der Waals surface area contributed by atoms with Crippen LogP contribution in [0.15, 0.2) is 69.1 Å². The summed E-state index contributed by atoms with van der Waals surface area (Å²) < 4.78 is 25.2. The van der Waals surface area contributed by atoms with Gasteiger partial charge in [-0.25, -0.2) is 0 Å². The fourth-order valence-electron chi connectivity index (χ4n) is 1.76. The van der Waals surface area contributed by atoms with Gasteiger partial charge in [0.25, 0.3) is 10.0 Å². The van der Waals surface area contributed by atoms with Crippen LogP contribution < -0.4 is 4.83 Å². The Kier molecular flexibility index (Phi) is 5.14. The largest absolute Gasteiger partial charge is 0.276 e. The Balaban J connectivity index is 2.24. The molecule has 0 saturated carbocycles. The molecule has 0 heterocycles. The van der Waals surface area contributed by atoms with E-state index in [0.717, 1.165) is 10.0 Å². The molecule has 0 aliphatic rings. The Labute approximate surface area is 133 Å². The lowest BCUT2D eigenvalue weighted by Crippen LogP contribution is -2.20. The van der Waals surface area contributed by atoms with Crippen molar-refractivity contribution in [3.63, 3.8) is 0 Å². The quantitative estimate of drug-likeness (QED) is 0.649. The molecular weight excluding hydrogens is 352 g/mol. The Bertz CT molecular complexity index is 726. The van der Waals surface area contributed by atoms with E-state index in [1.165, 1.54) is 12.1 Å². The second-order valence-electron chi connectivity index (χ2n) is 4.33. The van der Waals surface area contributed by atoms with Gasteiger partial charge in [0.15, 0.2) is 0 Å². The highest BCUT2D eigenvalue weighted by Crippen LogP contribution is 2.13. The predicted octanol–water partition coefficient (Wildman–Crippen LogP) is 3.54. The molecule has 0 spiro atoms. The standard InChI is InChI=1S/C15H15BrN2O2S/c1-2-15(12-8-10-13(16)11-9-12)17-18-21(19,20)14-6-4-3-5-7-14/h3-11,18H,2H2,1H3. The van der Waals surface area contributed by atoms with Gasteiger partial charge < -0.3 is 0 Å². The molecule has 0 aliphatic carbocycles. The van der Waals surface area contributed by atoms with Crippen LogP contribution in [0.3, 0.4) is 0 Å². The fourth-order valence-corrected chi connectivity index (χ4v) is 2.87. The molecule has 4 nitrogen and oxygen atoms in total. The Morgan fingerprint density at radius 1 is 1.10 bits per heavy atom. The third-order valence-corrected chi connectivity index (χ3v) is 4.62. The molecule has 0 saturated heterocycles. The van der Waals surface area contributed by atoms with E-state index in [1.807, 2.05) is 31.2 Å². The molecule has 0 amide bonds. The van der Waals surface area contributed by atoms with Gasteiger partial charge in [-0.3, -0.25) is 0 Å². The fraction of sp³-hybridized carbons (Fsp3) is 0.133. The van der Waals surface area contributed by atoms with Crippen LogP contribution in [0.2, 0.25) is 0 Å². The van der Waals surface area contributed by atoms with Gasteiger partial charge in [0, 0.05) is 4.47 Å². The second kappa shape index (κ2) is 6.87. The summed E-state index contributed by atoms with van der Waals surface area (Å²) in [5.41, 5.74) is 1.57. The summed E-state index contributed by atoms with van der Waals surface area (Å²) in [6, 6.07) is 15.8. The molecule has 1 N–H and O–H groups in total. The summed E-state index contributed by atoms with van der Waals surface area (Å²) in [6.07, 6.45) is 0.624. The summed E-state index contributed by atoms with van der Waals surface area (Å²) in [7, 11) is -3.63.